The molecule has 2 aromatic rings. The Balaban J connectivity index is 0.000000204. The molecular formula is C16H19Br2N5O4. The summed E-state index contributed by atoms with van der Waals surface area (Å²) in [6.45, 7) is 0. The van der Waals surface area contributed by atoms with Crippen molar-refractivity contribution >= 4 is 55.5 Å². The Morgan fingerprint density at radius 3 is 1.93 bits per heavy atom. The summed E-state index contributed by atoms with van der Waals surface area (Å²) in [5.41, 5.74) is 10.7. The lowest BCUT2D eigenvalue weighted by Gasteiger charge is -2.00. The Morgan fingerprint density at radius 1 is 0.963 bits per heavy atom. The molecule has 0 atom stereocenters. The van der Waals surface area contributed by atoms with Gasteiger partial charge in [-0.1, -0.05) is 6.07 Å². The fraction of sp³-hybridized carbons (Fsp3) is 0.250. The number of halogens is 2. The molecule has 4 N–H and O–H groups in total. The molecule has 3 heterocycles. The Bertz CT molecular complexity index is 775. The lowest BCUT2D eigenvalue weighted by molar-refractivity contribution is -0.131. The first-order valence-corrected chi connectivity index (χ1v) is 9.02. The number of aromatic nitrogens is 2. The van der Waals surface area contributed by atoms with Gasteiger partial charge in [-0.05, 0) is 34.1 Å². The number of carbonyl (C=O) groups excluding carboxylic acids is 2. The van der Waals surface area contributed by atoms with Crippen LogP contribution in [-0.4, -0.2) is 39.9 Å². The number of amides is 2. The third-order valence-corrected chi connectivity index (χ3v) is 4.37. The number of nitrogen functional groups attached to an aromatic ring is 2. The summed E-state index contributed by atoms with van der Waals surface area (Å²) < 4.78 is 11.5. The summed E-state index contributed by atoms with van der Waals surface area (Å²) >= 11 is 6.05. The Morgan fingerprint density at radius 2 is 1.56 bits per heavy atom. The third-order valence-electron chi connectivity index (χ3n) is 2.97. The molecule has 1 saturated heterocycles. The molecule has 146 valence electrons. The zero-order valence-corrected chi connectivity index (χ0v) is 17.9. The summed E-state index contributed by atoms with van der Waals surface area (Å²) in [5.74, 6) is 1.72. The topological polar surface area (TPSA) is 134 Å². The number of nitrogens with zero attached hydrogens (tertiary/aromatic N) is 3. The van der Waals surface area contributed by atoms with Crippen LogP contribution in [0.2, 0.25) is 0 Å². The third kappa shape index (κ3) is 7.79. The van der Waals surface area contributed by atoms with Crippen LogP contribution >= 0.6 is 32.1 Å². The standard InChI is InChI=1S/C6H7BrN2O.C6H8N2O.C4H4BrNO2/c1-10-6-4(7)2-3-5(8)9-6;1-9-6-4-2-3-5(7)8-6;5-6-3(7)1-2-4(6)8/h2-3H,1H3,(H2,8,9);2-4H,1H3,(H2,7,8);1-2H2. The van der Waals surface area contributed by atoms with E-state index in [4.69, 9.17) is 20.9 Å². The van der Waals surface area contributed by atoms with E-state index in [0.717, 1.165) is 8.40 Å². The molecule has 3 rings (SSSR count). The van der Waals surface area contributed by atoms with Gasteiger partial charge in [-0.15, -0.1) is 0 Å². The van der Waals surface area contributed by atoms with Crippen LogP contribution in [0.5, 0.6) is 11.8 Å². The highest BCUT2D eigenvalue weighted by Crippen LogP contribution is 2.22. The minimum absolute atomic E-state index is 0.144. The molecule has 1 aliphatic heterocycles. The summed E-state index contributed by atoms with van der Waals surface area (Å²) in [5, 5.41) is 0. The maximum Gasteiger partial charge on any atom is 0.239 e. The number of carbonyl (C=O) groups is 2. The average Bonchev–Trinajstić information content (AvgIpc) is 2.95. The largest absolute Gasteiger partial charge is 0.481 e. The van der Waals surface area contributed by atoms with E-state index in [1.54, 1.807) is 44.6 Å². The van der Waals surface area contributed by atoms with E-state index in [1.165, 1.54) is 0 Å². The van der Waals surface area contributed by atoms with Gasteiger partial charge in [0.2, 0.25) is 23.6 Å². The van der Waals surface area contributed by atoms with Crippen molar-refractivity contribution in [3.63, 3.8) is 0 Å². The summed E-state index contributed by atoms with van der Waals surface area (Å²) in [6.07, 6.45) is 0.703. The molecule has 1 aliphatic rings. The lowest BCUT2D eigenvalue weighted by Crippen LogP contribution is -2.16. The Hall–Kier alpha value is -2.40. The smallest absolute Gasteiger partial charge is 0.239 e. The van der Waals surface area contributed by atoms with Crippen LogP contribution in [0.1, 0.15) is 12.8 Å². The highest BCUT2D eigenvalue weighted by atomic mass is 79.9. The van der Waals surface area contributed by atoms with Crippen LogP contribution in [0.15, 0.2) is 34.8 Å². The van der Waals surface area contributed by atoms with Crippen molar-refractivity contribution < 1.29 is 19.1 Å². The minimum Gasteiger partial charge on any atom is -0.481 e. The molecular weight excluding hydrogens is 486 g/mol. The fourth-order valence-corrected chi connectivity index (χ4v) is 2.41. The van der Waals surface area contributed by atoms with Crippen LogP contribution in [0.4, 0.5) is 11.6 Å². The maximum absolute atomic E-state index is 10.4. The van der Waals surface area contributed by atoms with E-state index < -0.39 is 0 Å². The molecule has 1 fully saturated rings. The monoisotopic (exact) mass is 503 g/mol. The van der Waals surface area contributed by atoms with Gasteiger partial charge in [0, 0.05) is 18.9 Å². The van der Waals surface area contributed by atoms with E-state index in [9.17, 15) is 9.59 Å². The Labute approximate surface area is 173 Å². The van der Waals surface area contributed by atoms with Gasteiger partial charge in [0.05, 0.1) is 34.8 Å². The maximum atomic E-state index is 10.4. The molecule has 9 nitrogen and oxygen atoms in total. The van der Waals surface area contributed by atoms with Gasteiger partial charge in [0.15, 0.2) is 0 Å². The molecule has 11 heteroatoms. The number of imide groups is 1. The zero-order chi connectivity index (χ0) is 20.4. The minimum atomic E-state index is -0.144. The van der Waals surface area contributed by atoms with Gasteiger partial charge < -0.3 is 20.9 Å². The van der Waals surface area contributed by atoms with Crippen LogP contribution in [-0.2, 0) is 9.59 Å². The fourth-order valence-electron chi connectivity index (χ4n) is 1.67. The summed E-state index contributed by atoms with van der Waals surface area (Å²) in [6, 6.07) is 8.74. The average molecular weight is 505 g/mol. The molecule has 0 radical (unpaired) electrons. The van der Waals surface area contributed by atoms with Gasteiger partial charge >= 0.3 is 0 Å². The van der Waals surface area contributed by atoms with Crippen molar-refractivity contribution in [3.05, 3.63) is 34.8 Å². The van der Waals surface area contributed by atoms with E-state index in [1.807, 2.05) is 0 Å². The highest BCUT2D eigenvalue weighted by Gasteiger charge is 2.26. The summed E-state index contributed by atoms with van der Waals surface area (Å²) in [4.78, 5) is 28.6. The van der Waals surface area contributed by atoms with Crippen molar-refractivity contribution in [1.29, 1.82) is 0 Å². The molecule has 0 aromatic carbocycles. The zero-order valence-electron chi connectivity index (χ0n) is 14.7. The molecule has 2 amide bonds. The lowest BCUT2D eigenvalue weighted by atomic mass is 10.4. The number of ether oxygens (including phenoxy) is 2. The SMILES string of the molecule is COc1cccc(N)n1.COc1nc(N)ccc1Br.O=C1CCC(=O)N1Br. The second kappa shape index (κ2) is 11.3. The number of hydrogen-bond donors (Lipinski definition) is 2. The van der Waals surface area contributed by atoms with Crippen LogP contribution in [0.25, 0.3) is 0 Å². The first-order chi connectivity index (χ1) is 12.8. The van der Waals surface area contributed by atoms with Gasteiger partial charge in [0.1, 0.15) is 11.6 Å². The van der Waals surface area contributed by atoms with Crippen molar-refractivity contribution in [3.8, 4) is 11.8 Å². The number of rotatable bonds is 2. The van der Waals surface area contributed by atoms with Crippen molar-refractivity contribution in [2.24, 2.45) is 0 Å². The van der Waals surface area contributed by atoms with E-state index in [2.05, 4.69) is 42.0 Å². The van der Waals surface area contributed by atoms with Gasteiger partial charge in [0.25, 0.3) is 0 Å². The number of pyridine rings is 2. The number of methoxy groups -OCH3 is 2. The number of nitrogens with two attached hydrogens (primary N) is 2. The van der Waals surface area contributed by atoms with Gasteiger partial charge in [-0.25, -0.2) is 3.93 Å². The normalized spacial score (nSPS) is 12.5. The number of hydrogen-bond acceptors (Lipinski definition) is 8. The molecule has 0 bridgehead atoms. The second-order valence-corrected chi connectivity index (χ2v) is 6.46. The van der Waals surface area contributed by atoms with Crippen molar-refractivity contribution in [1.82, 2.24) is 13.9 Å². The second-order valence-electron chi connectivity index (χ2n) is 4.90. The number of anilines is 2. The first-order valence-electron chi connectivity index (χ1n) is 7.52. The van der Waals surface area contributed by atoms with Gasteiger partial charge in [-0.2, -0.15) is 9.97 Å². The highest BCUT2D eigenvalue weighted by molar-refractivity contribution is 9.10. The predicted molar refractivity (Wildman–Crippen MR) is 108 cm³/mol. The van der Waals surface area contributed by atoms with E-state index >= 15 is 0 Å². The van der Waals surface area contributed by atoms with Crippen molar-refractivity contribution in [2.75, 3.05) is 25.7 Å². The molecule has 0 aliphatic carbocycles. The van der Waals surface area contributed by atoms with E-state index in [0.29, 0.717) is 36.2 Å². The Kier molecular flexibility index (Phi) is 9.51. The van der Waals surface area contributed by atoms with Crippen LogP contribution in [0, 0.1) is 0 Å². The molecule has 2 aromatic heterocycles. The van der Waals surface area contributed by atoms with Crippen LogP contribution < -0.4 is 20.9 Å². The first kappa shape index (κ1) is 22.6. The summed E-state index contributed by atoms with van der Waals surface area (Å²) in [7, 11) is 3.11. The molecule has 0 unspecified atom stereocenters. The van der Waals surface area contributed by atoms with Crippen molar-refractivity contribution in [2.45, 2.75) is 12.8 Å². The predicted octanol–water partition coefficient (Wildman–Crippen LogP) is 2.55. The molecule has 0 saturated carbocycles. The van der Waals surface area contributed by atoms with E-state index in [-0.39, 0.29) is 11.8 Å². The molecule has 0 spiro atoms. The van der Waals surface area contributed by atoms with Gasteiger partial charge in [-0.3, -0.25) is 9.59 Å². The quantitative estimate of drug-likeness (QED) is 0.470. The molecule has 27 heavy (non-hydrogen) atoms. The van der Waals surface area contributed by atoms with Crippen LogP contribution in [0.3, 0.4) is 0 Å².